The fourth-order valence-electron chi connectivity index (χ4n) is 3.34. The molecule has 0 radical (unpaired) electrons. The van der Waals surface area contributed by atoms with Gasteiger partial charge in [0.25, 0.3) is 11.8 Å². The maximum atomic E-state index is 14.9. The minimum Gasteiger partial charge on any atom is -0.390 e. The molecule has 166 valence electrons. The van der Waals surface area contributed by atoms with Crippen molar-refractivity contribution >= 4 is 17.5 Å². The zero-order valence-electron chi connectivity index (χ0n) is 17.0. The van der Waals surface area contributed by atoms with Crippen molar-refractivity contribution < 1.29 is 32.3 Å². The highest BCUT2D eigenvalue weighted by atomic mass is 19.3. The van der Waals surface area contributed by atoms with E-state index in [0.717, 1.165) is 17.0 Å². The predicted molar refractivity (Wildman–Crippen MR) is 106 cm³/mol. The molecule has 1 heterocycles. The number of hydrogen-bond donors (Lipinski definition) is 2. The van der Waals surface area contributed by atoms with Crippen LogP contribution in [0.3, 0.4) is 0 Å². The van der Waals surface area contributed by atoms with E-state index >= 15 is 0 Å². The zero-order chi connectivity index (χ0) is 23.0. The summed E-state index contributed by atoms with van der Waals surface area (Å²) in [5, 5.41) is 12.4. The topological polar surface area (TPSA) is 69.6 Å². The van der Waals surface area contributed by atoms with Crippen LogP contribution in [0, 0.1) is 18.6 Å². The molecule has 0 spiro atoms. The highest BCUT2D eigenvalue weighted by Gasteiger charge is 2.47. The molecule has 0 atom stereocenters. The molecule has 0 bridgehead atoms. The number of likely N-dealkylation sites (tertiary alicyclic amines) is 1. The lowest BCUT2D eigenvalue weighted by Gasteiger charge is -2.37. The molecule has 5 nitrogen and oxygen atoms in total. The Kier molecular flexibility index (Phi) is 6.09. The van der Waals surface area contributed by atoms with E-state index in [4.69, 9.17) is 0 Å². The SMILES string of the molecule is Cc1cc(NC(=O)c2ccc(F)c(C(F)(F)C(=O)N3CCC(C)(O)CC3)c2)ccc1F. The van der Waals surface area contributed by atoms with Crippen LogP contribution in [0.5, 0.6) is 0 Å². The van der Waals surface area contributed by atoms with Crippen LogP contribution < -0.4 is 5.32 Å². The number of carbonyl (C=O) groups is 2. The van der Waals surface area contributed by atoms with Gasteiger partial charge in [-0.1, -0.05) is 0 Å². The Labute approximate surface area is 176 Å². The molecule has 31 heavy (non-hydrogen) atoms. The lowest BCUT2D eigenvalue weighted by Crippen LogP contribution is -2.50. The van der Waals surface area contributed by atoms with Gasteiger partial charge >= 0.3 is 5.92 Å². The van der Waals surface area contributed by atoms with Crippen LogP contribution in [0.15, 0.2) is 36.4 Å². The van der Waals surface area contributed by atoms with E-state index in [-0.39, 0.29) is 42.7 Å². The number of aryl methyl sites for hydroxylation is 1. The van der Waals surface area contributed by atoms with Crippen LogP contribution in [0.2, 0.25) is 0 Å². The smallest absolute Gasteiger partial charge is 0.352 e. The first-order chi connectivity index (χ1) is 14.4. The van der Waals surface area contributed by atoms with Crippen LogP contribution in [0.4, 0.5) is 23.2 Å². The van der Waals surface area contributed by atoms with Gasteiger partial charge < -0.3 is 15.3 Å². The third-order valence-electron chi connectivity index (χ3n) is 5.38. The summed E-state index contributed by atoms with van der Waals surface area (Å²) in [5.41, 5.74) is -2.04. The van der Waals surface area contributed by atoms with Gasteiger partial charge in [0.1, 0.15) is 11.6 Å². The van der Waals surface area contributed by atoms with Gasteiger partial charge in [-0.25, -0.2) is 8.78 Å². The highest BCUT2D eigenvalue weighted by molar-refractivity contribution is 6.04. The first-order valence-electron chi connectivity index (χ1n) is 9.68. The van der Waals surface area contributed by atoms with Crippen molar-refractivity contribution in [3.8, 4) is 0 Å². The summed E-state index contributed by atoms with van der Waals surface area (Å²) in [6.45, 7) is 2.87. The van der Waals surface area contributed by atoms with E-state index in [1.54, 1.807) is 6.92 Å². The van der Waals surface area contributed by atoms with Crippen molar-refractivity contribution in [1.82, 2.24) is 4.90 Å². The Morgan fingerprint density at radius 1 is 1.06 bits per heavy atom. The summed E-state index contributed by atoms with van der Waals surface area (Å²) in [6.07, 6.45) is 0.244. The average Bonchev–Trinajstić information content (AvgIpc) is 2.70. The first-order valence-corrected chi connectivity index (χ1v) is 9.68. The van der Waals surface area contributed by atoms with Gasteiger partial charge in [-0.15, -0.1) is 0 Å². The van der Waals surface area contributed by atoms with Crippen LogP contribution in [-0.2, 0) is 10.7 Å². The van der Waals surface area contributed by atoms with Crippen LogP contribution >= 0.6 is 0 Å². The molecule has 9 heteroatoms. The number of nitrogens with zero attached hydrogens (tertiary/aromatic N) is 1. The molecule has 1 fully saturated rings. The normalized spacial score (nSPS) is 16.2. The minimum atomic E-state index is -4.20. The molecule has 1 saturated heterocycles. The largest absolute Gasteiger partial charge is 0.390 e. The predicted octanol–water partition coefficient (Wildman–Crippen LogP) is 3.99. The van der Waals surface area contributed by atoms with E-state index in [2.05, 4.69) is 5.32 Å². The summed E-state index contributed by atoms with van der Waals surface area (Å²) in [5.74, 6) is -8.40. The van der Waals surface area contributed by atoms with Gasteiger partial charge in [0, 0.05) is 24.3 Å². The summed E-state index contributed by atoms with van der Waals surface area (Å²) in [4.78, 5) is 25.7. The molecule has 1 aliphatic rings. The summed E-state index contributed by atoms with van der Waals surface area (Å²) in [7, 11) is 0. The van der Waals surface area contributed by atoms with E-state index in [1.165, 1.54) is 19.1 Å². The van der Waals surface area contributed by atoms with Crippen LogP contribution in [0.25, 0.3) is 0 Å². The standard InChI is InChI=1S/C22H22F4N2O3/c1-13-11-15(4-6-17(13)23)27-19(29)14-3-5-18(24)16(12-14)22(25,26)20(30)28-9-7-21(2,31)8-10-28/h3-6,11-12,31H,7-10H2,1-2H3,(H,27,29). The van der Waals surface area contributed by atoms with Crippen molar-refractivity contribution in [3.05, 3.63) is 64.7 Å². The lowest BCUT2D eigenvalue weighted by molar-refractivity contribution is -0.163. The second kappa shape index (κ2) is 8.30. The molecule has 2 N–H and O–H groups in total. The number of carbonyl (C=O) groups excluding carboxylic acids is 2. The maximum absolute atomic E-state index is 14.9. The quantitative estimate of drug-likeness (QED) is 0.710. The number of nitrogens with one attached hydrogen (secondary N) is 1. The van der Waals surface area contributed by atoms with Crippen molar-refractivity contribution in [1.29, 1.82) is 0 Å². The molecule has 1 aliphatic heterocycles. The number of hydrogen-bond acceptors (Lipinski definition) is 3. The van der Waals surface area contributed by atoms with Crippen molar-refractivity contribution in [3.63, 3.8) is 0 Å². The molecule has 2 amide bonds. The monoisotopic (exact) mass is 438 g/mol. The molecule has 0 saturated carbocycles. The minimum absolute atomic E-state index is 0.0901. The number of amides is 2. The van der Waals surface area contributed by atoms with E-state index < -0.39 is 40.5 Å². The van der Waals surface area contributed by atoms with E-state index in [1.807, 2.05) is 0 Å². The fraction of sp³-hybridized carbons (Fsp3) is 0.364. The molecular weight excluding hydrogens is 416 g/mol. The van der Waals surface area contributed by atoms with Crippen molar-refractivity contribution in [2.45, 2.75) is 38.2 Å². The number of anilines is 1. The Morgan fingerprint density at radius 2 is 1.68 bits per heavy atom. The van der Waals surface area contributed by atoms with Gasteiger partial charge in [-0.2, -0.15) is 8.78 Å². The number of rotatable bonds is 4. The highest BCUT2D eigenvalue weighted by Crippen LogP contribution is 2.35. The number of alkyl halides is 2. The average molecular weight is 438 g/mol. The molecule has 2 aromatic carbocycles. The number of benzene rings is 2. The van der Waals surface area contributed by atoms with E-state index in [0.29, 0.717) is 12.1 Å². The Balaban J connectivity index is 1.83. The summed E-state index contributed by atoms with van der Waals surface area (Å²) >= 11 is 0. The lowest BCUT2D eigenvalue weighted by atomic mass is 9.93. The Hall–Kier alpha value is -2.94. The number of piperidine rings is 1. The van der Waals surface area contributed by atoms with Crippen molar-refractivity contribution in [2.24, 2.45) is 0 Å². The molecule has 0 aromatic heterocycles. The molecule has 3 rings (SSSR count). The Bertz CT molecular complexity index is 1010. The second-order valence-corrected chi connectivity index (χ2v) is 7.98. The third-order valence-corrected chi connectivity index (χ3v) is 5.38. The summed E-state index contributed by atoms with van der Waals surface area (Å²) < 4.78 is 57.4. The first kappa shape index (κ1) is 22.7. The van der Waals surface area contributed by atoms with Gasteiger partial charge in [0.2, 0.25) is 0 Å². The van der Waals surface area contributed by atoms with Gasteiger partial charge in [-0.3, -0.25) is 9.59 Å². The maximum Gasteiger partial charge on any atom is 0.352 e. The number of aliphatic hydroxyl groups is 1. The Morgan fingerprint density at radius 3 is 2.29 bits per heavy atom. The zero-order valence-corrected chi connectivity index (χ0v) is 17.0. The molecular formula is C22H22F4N2O3. The fourth-order valence-corrected chi connectivity index (χ4v) is 3.34. The van der Waals surface area contributed by atoms with Crippen LogP contribution in [-0.4, -0.2) is 40.5 Å². The van der Waals surface area contributed by atoms with Crippen molar-refractivity contribution in [2.75, 3.05) is 18.4 Å². The van der Waals surface area contributed by atoms with Gasteiger partial charge in [0.15, 0.2) is 0 Å². The van der Waals surface area contributed by atoms with Crippen LogP contribution in [0.1, 0.15) is 41.3 Å². The summed E-state index contributed by atoms with van der Waals surface area (Å²) in [6, 6.07) is 6.16. The molecule has 0 aliphatic carbocycles. The second-order valence-electron chi connectivity index (χ2n) is 7.98. The molecule has 0 unspecified atom stereocenters. The number of halogens is 4. The van der Waals surface area contributed by atoms with E-state index in [9.17, 15) is 32.3 Å². The van der Waals surface area contributed by atoms with Gasteiger partial charge in [0.05, 0.1) is 11.2 Å². The van der Waals surface area contributed by atoms with Gasteiger partial charge in [-0.05, 0) is 68.7 Å². The molecule has 2 aromatic rings. The third kappa shape index (κ3) is 4.87.